The molecule has 0 aliphatic carbocycles. The molecule has 2 amide bonds. The van der Waals surface area contributed by atoms with Gasteiger partial charge in [0.1, 0.15) is 24.9 Å². The zero-order valence-corrected chi connectivity index (χ0v) is 22.3. The number of aliphatic hydroxyl groups excluding tert-OH is 2. The molecule has 3 aromatic carbocycles. The number of rotatable bonds is 10. The monoisotopic (exact) mass is 564 g/mol. The normalized spacial score (nSPS) is 22.7. The fourth-order valence-electron chi connectivity index (χ4n) is 4.29. The van der Waals surface area contributed by atoms with Crippen LogP contribution in [-0.4, -0.2) is 65.9 Å². The molecule has 216 valence electrons. The van der Waals surface area contributed by atoms with Crippen LogP contribution in [0.4, 0.5) is 4.79 Å². The zero-order chi connectivity index (χ0) is 29.2. The van der Waals surface area contributed by atoms with Crippen LogP contribution in [0.15, 0.2) is 91.0 Å². The van der Waals surface area contributed by atoms with E-state index in [0.717, 1.165) is 11.1 Å². The first-order chi connectivity index (χ1) is 19.9. The van der Waals surface area contributed by atoms with E-state index >= 15 is 0 Å². The molecule has 0 spiro atoms. The number of benzene rings is 3. The van der Waals surface area contributed by atoms with E-state index in [1.807, 2.05) is 24.3 Å². The fraction of sp³-hybridized carbons (Fsp3) is 0.300. The third-order valence-electron chi connectivity index (χ3n) is 6.47. The average molecular weight is 565 g/mol. The molecule has 11 heteroatoms. The number of hydrogen-bond donors (Lipinski definition) is 4. The Morgan fingerprint density at radius 2 is 1.39 bits per heavy atom. The summed E-state index contributed by atoms with van der Waals surface area (Å²) in [5.74, 6) is -1.64. The lowest BCUT2D eigenvalue weighted by atomic mass is 9.95. The van der Waals surface area contributed by atoms with Gasteiger partial charge in [0, 0.05) is 0 Å². The van der Waals surface area contributed by atoms with Crippen molar-refractivity contribution in [3.63, 3.8) is 0 Å². The van der Waals surface area contributed by atoms with Crippen molar-refractivity contribution in [1.82, 2.24) is 10.6 Å². The molecule has 0 aromatic heterocycles. The summed E-state index contributed by atoms with van der Waals surface area (Å²) in [5, 5.41) is 26.9. The number of amides is 2. The molecule has 4 N–H and O–H groups in total. The first-order valence-corrected chi connectivity index (χ1v) is 12.9. The molecule has 1 aliphatic heterocycles. The Labute approximate surface area is 237 Å². The number of hydrogen-bond acceptors (Lipinski definition) is 9. The number of ether oxygens (including phenoxy) is 4. The minimum atomic E-state index is -1.79. The van der Waals surface area contributed by atoms with Crippen molar-refractivity contribution >= 4 is 18.0 Å². The van der Waals surface area contributed by atoms with Crippen LogP contribution in [0.2, 0.25) is 0 Å². The molecular weight excluding hydrogens is 532 g/mol. The van der Waals surface area contributed by atoms with Crippen molar-refractivity contribution in [2.45, 2.75) is 49.9 Å². The summed E-state index contributed by atoms with van der Waals surface area (Å²) in [7, 11) is 1.18. The summed E-state index contributed by atoms with van der Waals surface area (Å²) in [5.41, 5.74) is 1.95. The lowest BCUT2D eigenvalue weighted by Crippen LogP contribution is -2.66. The third-order valence-corrected chi connectivity index (χ3v) is 6.47. The Morgan fingerprint density at radius 1 is 0.829 bits per heavy atom. The topological polar surface area (TPSA) is 153 Å². The summed E-state index contributed by atoms with van der Waals surface area (Å²) >= 11 is 0. The SMILES string of the molecule is COC(=O)C(NC(=O)[C@H]1O[C@H](OCc2ccccc2)[C@H](NC(=O)OCc2ccccc2)[C@@H](O)[C@H]1O)c1ccccc1. The van der Waals surface area contributed by atoms with Crippen molar-refractivity contribution in [2.24, 2.45) is 0 Å². The number of carbonyl (C=O) groups is 3. The van der Waals surface area contributed by atoms with Crippen molar-refractivity contribution in [1.29, 1.82) is 0 Å². The Bertz CT molecular complexity index is 1280. The predicted molar refractivity (Wildman–Crippen MR) is 145 cm³/mol. The summed E-state index contributed by atoms with van der Waals surface area (Å²) in [6.45, 7) is -0.0252. The van der Waals surface area contributed by atoms with Crippen LogP contribution in [0.1, 0.15) is 22.7 Å². The second kappa shape index (κ2) is 14.4. The Morgan fingerprint density at radius 3 is 1.98 bits per heavy atom. The van der Waals surface area contributed by atoms with Crippen LogP contribution >= 0.6 is 0 Å². The van der Waals surface area contributed by atoms with Crippen molar-refractivity contribution in [2.75, 3.05) is 7.11 Å². The number of nitrogens with one attached hydrogen (secondary N) is 2. The van der Waals surface area contributed by atoms with Gasteiger partial charge in [0.05, 0.1) is 13.7 Å². The molecule has 0 radical (unpaired) electrons. The molecule has 1 unspecified atom stereocenters. The highest BCUT2D eigenvalue weighted by Crippen LogP contribution is 2.25. The van der Waals surface area contributed by atoms with E-state index in [-0.39, 0.29) is 13.2 Å². The minimum Gasteiger partial charge on any atom is -0.467 e. The Balaban J connectivity index is 1.49. The van der Waals surface area contributed by atoms with Crippen LogP contribution < -0.4 is 10.6 Å². The van der Waals surface area contributed by atoms with E-state index in [0.29, 0.717) is 5.56 Å². The summed E-state index contributed by atoms with van der Waals surface area (Å²) < 4.78 is 21.8. The molecule has 41 heavy (non-hydrogen) atoms. The van der Waals surface area contributed by atoms with E-state index in [4.69, 9.17) is 18.9 Å². The number of aliphatic hydroxyl groups is 2. The lowest BCUT2D eigenvalue weighted by Gasteiger charge is -2.42. The quantitative estimate of drug-likeness (QED) is 0.271. The molecule has 0 saturated carbocycles. The van der Waals surface area contributed by atoms with Crippen molar-refractivity contribution < 1.29 is 43.5 Å². The number of alkyl carbamates (subject to hydrolysis) is 1. The molecule has 1 fully saturated rings. The van der Waals surface area contributed by atoms with Crippen LogP contribution in [-0.2, 0) is 41.8 Å². The molecule has 1 aliphatic rings. The number of methoxy groups -OCH3 is 1. The van der Waals surface area contributed by atoms with Gasteiger partial charge >= 0.3 is 12.1 Å². The van der Waals surface area contributed by atoms with E-state index in [2.05, 4.69) is 10.6 Å². The Hall–Kier alpha value is -4.29. The van der Waals surface area contributed by atoms with Gasteiger partial charge < -0.3 is 39.8 Å². The molecule has 11 nitrogen and oxygen atoms in total. The molecule has 1 saturated heterocycles. The smallest absolute Gasteiger partial charge is 0.407 e. The first-order valence-electron chi connectivity index (χ1n) is 12.9. The van der Waals surface area contributed by atoms with Crippen LogP contribution in [0, 0.1) is 0 Å². The van der Waals surface area contributed by atoms with Gasteiger partial charge in [-0.2, -0.15) is 0 Å². The van der Waals surface area contributed by atoms with Gasteiger partial charge in [-0.1, -0.05) is 91.0 Å². The second-order valence-corrected chi connectivity index (χ2v) is 9.31. The van der Waals surface area contributed by atoms with Crippen LogP contribution in [0.5, 0.6) is 0 Å². The molecular formula is C30H32N2O9. The fourth-order valence-corrected chi connectivity index (χ4v) is 4.29. The van der Waals surface area contributed by atoms with Crippen LogP contribution in [0.3, 0.4) is 0 Å². The minimum absolute atomic E-state index is 0.00864. The number of esters is 1. The van der Waals surface area contributed by atoms with Gasteiger partial charge in [0.15, 0.2) is 18.4 Å². The van der Waals surface area contributed by atoms with E-state index in [1.165, 1.54) is 7.11 Å². The standard InChI is InChI=1S/C30H32N2O9/c1-38-28(36)22(21-15-9-4-10-16-21)31-27(35)26-25(34)24(33)23(29(41-26)39-17-19-11-5-2-6-12-19)32-30(37)40-18-20-13-7-3-8-14-20/h2-16,22-26,29,33-34H,17-18H2,1H3,(H,31,35)(H,32,37)/t22?,23-,24-,25-,26+,29+/m1/s1. The first kappa shape index (κ1) is 29.7. The zero-order valence-electron chi connectivity index (χ0n) is 22.3. The van der Waals surface area contributed by atoms with Gasteiger partial charge in [-0.05, 0) is 16.7 Å². The molecule has 3 aromatic rings. The van der Waals surface area contributed by atoms with Crippen molar-refractivity contribution in [3.05, 3.63) is 108 Å². The largest absolute Gasteiger partial charge is 0.467 e. The highest BCUT2D eigenvalue weighted by Gasteiger charge is 2.49. The second-order valence-electron chi connectivity index (χ2n) is 9.31. The van der Waals surface area contributed by atoms with E-state index in [1.54, 1.807) is 66.7 Å². The molecule has 4 rings (SSSR count). The van der Waals surface area contributed by atoms with Gasteiger partial charge in [0.25, 0.3) is 5.91 Å². The lowest BCUT2D eigenvalue weighted by molar-refractivity contribution is -0.262. The molecule has 0 bridgehead atoms. The van der Waals surface area contributed by atoms with Gasteiger partial charge in [-0.25, -0.2) is 9.59 Å². The molecule has 6 atom stereocenters. The maximum atomic E-state index is 13.3. The molecule has 1 heterocycles. The highest BCUT2D eigenvalue weighted by molar-refractivity contribution is 5.88. The van der Waals surface area contributed by atoms with Gasteiger partial charge in [-0.3, -0.25) is 4.79 Å². The van der Waals surface area contributed by atoms with Crippen molar-refractivity contribution in [3.8, 4) is 0 Å². The highest BCUT2D eigenvalue weighted by atomic mass is 16.7. The summed E-state index contributed by atoms with van der Waals surface area (Å²) in [6, 6.07) is 23.9. The maximum absolute atomic E-state index is 13.3. The maximum Gasteiger partial charge on any atom is 0.407 e. The third kappa shape index (κ3) is 7.89. The number of carbonyl (C=O) groups excluding carboxylic acids is 3. The van der Waals surface area contributed by atoms with Gasteiger partial charge in [-0.15, -0.1) is 0 Å². The predicted octanol–water partition coefficient (Wildman–Crippen LogP) is 1.98. The van der Waals surface area contributed by atoms with E-state index < -0.39 is 54.7 Å². The Kier molecular flexibility index (Phi) is 10.4. The summed E-state index contributed by atoms with van der Waals surface area (Å²) in [4.78, 5) is 38.4. The van der Waals surface area contributed by atoms with Crippen LogP contribution in [0.25, 0.3) is 0 Å². The van der Waals surface area contributed by atoms with E-state index in [9.17, 15) is 24.6 Å². The summed E-state index contributed by atoms with van der Waals surface area (Å²) in [6.07, 6.45) is -7.40. The van der Waals surface area contributed by atoms with Gasteiger partial charge in [0.2, 0.25) is 0 Å². The average Bonchev–Trinajstić information content (AvgIpc) is 3.01.